The highest BCUT2D eigenvalue weighted by Gasteiger charge is 2.28. The molecule has 1 aromatic rings. The third kappa shape index (κ3) is 2.64. The van der Waals surface area contributed by atoms with Crippen molar-refractivity contribution in [3.05, 3.63) is 34.3 Å². The Morgan fingerprint density at radius 3 is 2.81 bits per heavy atom. The number of hydrogen-bond acceptors (Lipinski definition) is 1. The van der Waals surface area contributed by atoms with Crippen molar-refractivity contribution >= 4 is 21.9 Å². The Hall–Kier alpha value is -0.830. The Bertz CT molecular complexity index is 389. The molecule has 0 aliphatic heterocycles. The van der Waals surface area contributed by atoms with Crippen LogP contribution in [0.15, 0.2) is 28.7 Å². The quantitative estimate of drug-likeness (QED) is 0.916. The van der Waals surface area contributed by atoms with Gasteiger partial charge in [0.2, 0.25) is 0 Å². The first-order valence-corrected chi connectivity index (χ1v) is 6.42. The van der Waals surface area contributed by atoms with Gasteiger partial charge in [-0.15, -0.1) is 0 Å². The minimum Gasteiger partial charge on any atom is -0.481 e. The Morgan fingerprint density at radius 1 is 1.38 bits per heavy atom. The molecule has 1 saturated carbocycles. The van der Waals surface area contributed by atoms with E-state index in [0.717, 1.165) is 23.7 Å². The normalized spacial score (nSPS) is 24.6. The van der Waals surface area contributed by atoms with Gasteiger partial charge in [-0.3, -0.25) is 4.79 Å². The van der Waals surface area contributed by atoms with Gasteiger partial charge in [-0.1, -0.05) is 34.1 Å². The van der Waals surface area contributed by atoms with Crippen LogP contribution < -0.4 is 0 Å². The first-order valence-electron chi connectivity index (χ1n) is 5.63. The number of halogens is 1. The second kappa shape index (κ2) is 5.00. The van der Waals surface area contributed by atoms with E-state index in [9.17, 15) is 4.79 Å². The number of rotatable bonds is 3. The Kier molecular flexibility index (Phi) is 3.64. The fraction of sp³-hybridized carbons (Fsp3) is 0.462. The molecule has 0 spiro atoms. The van der Waals surface area contributed by atoms with Gasteiger partial charge in [-0.05, 0) is 42.7 Å². The van der Waals surface area contributed by atoms with E-state index in [1.165, 1.54) is 5.56 Å². The molecule has 2 nitrogen and oxygen atoms in total. The zero-order chi connectivity index (χ0) is 11.5. The van der Waals surface area contributed by atoms with Crippen LogP contribution in [0, 0.1) is 5.92 Å². The molecule has 1 aromatic carbocycles. The first-order chi connectivity index (χ1) is 7.66. The standard InChI is InChI=1S/C13H15BrO2/c14-12-4-2-1-3-11(12)10-6-5-9(7-10)8-13(15)16/h1-4,9-10H,5-8H2,(H,15,16). The summed E-state index contributed by atoms with van der Waals surface area (Å²) in [5.41, 5.74) is 1.33. The van der Waals surface area contributed by atoms with E-state index in [1.807, 2.05) is 12.1 Å². The minimum atomic E-state index is -0.669. The molecule has 1 N–H and O–H groups in total. The maximum atomic E-state index is 10.7. The van der Waals surface area contributed by atoms with Crippen molar-refractivity contribution in [3.63, 3.8) is 0 Å². The molecule has 1 aliphatic carbocycles. The third-order valence-corrected chi connectivity index (χ3v) is 4.07. The van der Waals surface area contributed by atoms with Crippen LogP contribution in [0.5, 0.6) is 0 Å². The number of carboxylic acids is 1. The average Bonchev–Trinajstić information content (AvgIpc) is 2.66. The van der Waals surface area contributed by atoms with Gasteiger partial charge < -0.3 is 5.11 Å². The predicted octanol–water partition coefficient (Wildman–Crippen LogP) is 3.81. The van der Waals surface area contributed by atoms with Gasteiger partial charge >= 0.3 is 5.97 Å². The van der Waals surface area contributed by atoms with Crippen LogP contribution in [0.1, 0.15) is 37.2 Å². The highest BCUT2D eigenvalue weighted by atomic mass is 79.9. The molecule has 0 heterocycles. The largest absolute Gasteiger partial charge is 0.481 e. The van der Waals surface area contributed by atoms with Crippen molar-refractivity contribution in [2.45, 2.75) is 31.6 Å². The monoisotopic (exact) mass is 282 g/mol. The van der Waals surface area contributed by atoms with E-state index in [-0.39, 0.29) is 0 Å². The summed E-state index contributed by atoms with van der Waals surface area (Å²) in [4.78, 5) is 10.7. The number of carbonyl (C=O) groups is 1. The average molecular weight is 283 g/mol. The number of hydrogen-bond donors (Lipinski definition) is 1. The van der Waals surface area contributed by atoms with E-state index in [2.05, 4.69) is 28.1 Å². The molecule has 1 fully saturated rings. The van der Waals surface area contributed by atoms with E-state index in [1.54, 1.807) is 0 Å². The van der Waals surface area contributed by atoms with Crippen LogP contribution in [0.3, 0.4) is 0 Å². The molecule has 16 heavy (non-hydrogen) atoms. The first kappa shape index (κ1) is 11.6. The molecule has 0 bridgehead atoms. The molecule has 3 heteroatoms. The van der Waals surface area contributed by atoms with Crippen molar-refractivity contribution < 1.29 is 9.90 Å². The fourth-order valence-corrected chi connectivity index (χ4v) is 3.20. The summed E-state index contributed by atoms with van der Waals surface area (Å²) < 4.78 is 1.15. The molecular weight excluding hydrogens is 268 g/mol. The van der Waals surface area contributed by atoms with E-state index in [0.29, 0.717) is 18.3 Å². The molecule has 0 radical (unpaired) electrons. The van der Waals surface area contributed by atoms with Gasteiger partial charge in [-0.2, -0.15) is 0 Å². The van der Waals surface area contributed by atoms with Crippen molar-refractivity contribution in [1.29, 1.82) is 0 Å². The molecule has 0 amide bonds. The summed E-state index contributed by atoms with van der Waals surface area (Å²) in [5, 5.41) is 8.78. The fourth-order valence-electron chi connectivity index (χ4n) is 2.60. The zero-order valence-corrected chi connectivity index (χ0v) is 10.6. The van der Waals surface area contributed by atoms with E-state index in [4.69, 9.17) is 5.11 Å². The van der Waals surface area contributed by atoms with Crippen molar-refractivity contribution in [3.8, 4) is 0 Å². The second-order valence-corrected chi connectivity index (χ2v) is 5.35. The van der Waals surface area contributed by atoms with Gasteiger partial charge in [0.15, 0.2) is 0 Å². The summed E-state index contributed by atoms with van der Waals surface area (Å²) in [5.74, 6) is 0.215. The summed E-state index contributed by atoms with van der Waals surface area (Å²) in [7, 11) is 0. The van der Waals surface area contributed by atoms with Gasteiger partial charge in [0, 0.05) is 10.9 Å². The summed E-state index contributed by atoms with van der Waals surface area (Å²) in [6.45, 7) is 0. The number of carboxylic acid groups (broad SMARTS) is 1. The van der Waals surface area contributed by atoms with Gasteiger partial charge in [-0.25, -0.2) is 0 Å². The van der Waals surface area contributed by atoms with Crippen LogP contribution in [0.2, 0.25) is 0 Å². The maximum Gasteiger partial charge on any atom is 0.303 e. The molecular formula is C13H15BrO2. The van der Waals surface area contributed by atoms with Crippen LogP contribution in [0.25, 0.3) is 0 Å². The van der Waals surface area contributed by atoms with Crippen LogP contribution >= 0.6 is 15.9 Å². The third-order valence-electron chi connectivity index (χ3n) is 3.35. The topological polar surface area (TPSA) is 37.3 Å². The highest BCUT2D eigenvalue weighted by molar-refractivity contribution is 9.10. The summed E-state index contributed by atoms with van der Waals surface area (Å²) in [6.07, 6.45) is 3.48. The number of aliphatic carboxylic acids is 1. The Balaban J connectivity index is 2.04. The van der Waals surface area contributed by atoms with E-state index >= 15 is 0 Å². The van der Waals surface area contributed by atoms with Crippen LogP contribution in [-0.2, 0) is 4.79 Å². The van der Waals surface area contributed by atoms with Gasteiger partial charge in [0.1, 0.15) is 0 Å². The second-order valence-electron chi connectivity index (χ2n) is 4.50. The number of benzene rings is 1. The molecule has 86 valence electrons. The lowest BCUT2D eigenvalue weighted by molar-refractivity contribution is -0.138. The maximum absolute atomic E-state index is 10.7. The smallest absolute Gasteiger partial charge is 0.303 e. The Morgan fingerprint density at radius 2 is 2.12 bits per heavy atom. The zero-order valence-electron chi connectivity index (χ0n) is 9.03. The van der Waals surface area contributed by atoms with E-state index < -0.39 is 5.97 Å². The lowest BCUT2D eigenvalue weighted by Gasteiger charge is -2.12. The molecule has 2 rings (SSSR count). The van der Waals surface area contributed by atoms with Crippen molar-refractivity contribution in [2.24, 2.45) is 5.92 Å². The van der Waals surface area contributed by atoms with Gasteiger partial charge in [0.05, 0.1) is 0 Å². The highest BCUT2D eigenvalue weighted by Crippen LogP contribution is 2.41. The molecule has 0 saturated heterocycles. The minimum absolute atomic E-state index is 0.320. The summed E-state index contributed by atoms with van der Waals surface area (Å²) in [6, 6.07) is 8.25. The predicted molar refractivity (Wildman–Crippen MR) is 66.5 cm³/mol. The lowest BCUT2D eigenvalue weighted by Crippen LogP contribution is -2.04. The SMILES string of the molecule is O=C(O)CC1CCC(c2ccccc2Br)C1. The van der Waals surface area contributed by atoms with Crippen molar-refractivity contribution in [2.75, 3.05) is 0 Å². The molecule has 2 unspecified atom stereocenters. The molecule has 0 aromatic heterocycles. The molecule has 2 atom stereocenters. The van der Waals surface area contributed by atoms with Crippen LogP contribution in [0.4, 0.5) is 0 Å². The van der Waals surface area contributed by atoms with Crippen LogP contribution in [-0.4, -0.2) is 11.1 Å². The summed E-state index contributed by atoms with van der Waals surface area (Å²) >= 11 is 3.56. The van der Waals surface area contributed by atoms with Crippen molar-refractivity contribution in [1.82, 2.24) is 0 Å². The lowest BCUT2D eigenvalue weighted by atomic mass is 9.95. The Labute approximate surface area is 104 Å². The molecule has 1 aliphatic rings. The van der Waals surface area contributed by atoms with Gasteiger partial charge in [0.25, 0.3) is 0 Å².